The van der Waals surface area contributed by atoms with E-state index in [2.05, 4.69) is 4.89 Å². The predicted molar refractivity (Wildman–Crippen MR) is 53.9 cm³/mol. The Balaban J connectivity index is 2.89. The van der Waals surface area contributed by atoms with Gasteiger partial charge >= 0.3 is 0 Å². The van der Waals surface area contributed by atoms with Gasteiger partial charge in [-0.25, -0.2) is 0 Å². The van der Waals surface area contributed by atoms with Crippen LogP contribution in [0.15, 0.2) is 30.3 Å². The van der Waals surface area contributed by atoms with Crippen LogP contribution in [-0.4, -0.2) is 12.0 Å². The molecule has 13 heavy (non-hydrogen) atoms. The van der Waals surface area contributed by atoms with Crippen molar-refractivity contribution < 1.29 is 10.1 Å². The lowest BCUT2D eigenvalue weighted by Gasteiger charge is -2.23. The van der Waals surface area contributed by atoms with Gasteiger partial charge in [0.25, 0.3) is 0 Å². The summed E-state index contributed by atoms with van der Waals surface area (Å²) in [6.07, 6.45) is 1.96. The average Bonchev–Trinajstić information content (AvgIpc) is 2.19. The highest BCUT2D eigenvalue weighted by atomic mass is 32.2. The van der Waals surface area contributed by atoms with Crippen molar-refractivity contribution in [1.29, 1.82) is 0 Å². The summed E-state index contributed by atoms with van der Waals surface area (Å²) in [7, 11) is 0. The SMILES string of the molecule is CSCC(C)(O[O])c1ccccc1. The van der Waals surface area contributed by atoms with Gasteiger partial charge in [-0.2, -0.15) is 16.6 Å². The van der Waals surface area contributed by atoms with E-state index < -0.39 is 5.60 Å². The third-order valence-corrected chi connectivity index (χ3v) is 2.83. The van der Waals surface area contributed by atoms with E-state index >= 15 is 0 Å². The Morgan fingerprint density at radius 2 is 2.00 bits per heavy atom. The zero-order valence-corrected chi connectivity index (χ0v) is 8.64. The quantitative estimate of drug-likeness (QED) is 0.548. The molecular formula is C10H13O2S. The first kappa shape index (κ1) is 10.6. The van der Waals surface area contributed by atoms with Crippen molar-refractivity contribution in [1.82, 2.24) is 0 Å². The number of benzene rings is 1. The molecule has 0 heterocycles. The van der Waals surface area contributed by atoms with Gasteiger partial charge in [0, 0.05) is 5.75 Å². The molecule has 0 spiro atoms. The van der Waals surface area contributed by atoms with Crippen LogP contribution in [0.2, 0.25) is 0 Å². The Bertz CT molecular complexity index is 250. The Hall–Kier alpha value is -0.510. The molecule has 0 aliphatic heterocycles. The molecule has 0 aliphatic rings. The van der Waals surface area contributed by atoms with Gasteiger partial charge < -0.3 is 0 Å². The fourth-order valence-corrected chi connectivity index (χ4v) is 1.99. The largest absolute Gasteiger partial charge is 0.192 e. The standard InChI is InChI=1S/C10H13O2S/c1-10(12-11,8-13-2)9-6-4-3-5-7-9/h3-7H,8H2,1-2H3. The van der Waals surface area contributed by atoms with Gasteiger partial charge in [0.1, 0.15) is 5.60 Å². The third-order valence-electron chi connectivity index (χ3n) is 1.99. The average molecular weight is 197 g/mol. The van der Waals surface area contributed by atoms with E-state index in [-0.39, 0.29) is 0 Å². The zero-order valence-electron chi connectivity index (χ0n) is 7.82. The van der Waals surface area contributed by atoms with Crippen LogP contribution in [0.4, 0.5) is 0 Å². The van der Waals surface area contributed by atoms with E-state index in [0.717, 1.165) is 5.56 Å². The molecule has 1 radical (unpaired) electrons. The molecule has 0 amide bonds. The second-order valence-corrected chi connectivity index (χ2v) is 3.98. The molecule has 1 unspecified atom stereocenters. The molecule has 0 aromatic heterocycles. The van der Waals surface area contributed by atoms with Crippen LogP contribution in [0.3, 0.4) is 0 Å². The summed E-state index contributed by atoms with van der Waals surface area (Å²) in [5, 5.41) is 10.6. The molecule has 1 rings (SSSR count). The number of rotatable bonds is 4. The van der Waals surface area contributed by atoms with Crippen LogP contribution < -0.4 is 0 Å². The lowest BCUT2D eigenvalue weighted by Crippen LogP contribution is -2.26. The second kappa shape index (κ2) is 4.65. The molecular weight excluding hydrogens is 184 g/mol. The molecule has 3 heteroatoms. The number of hydrogen-bond donors (Lipinski definition) is 0. The maximum Gasteiger partial charge on any atom is 0.138 e. The molecule has 1 aromatic rings. The fraction of sp³-hybridized carbons (Fsp3) is 0.400. The van der Waals surface area contributed by atoms with Crippen LogP contribution in [0, 0.1) is 0 Å². The van der Waals surface area contributed by atoms with Crippen LogP contribution in [-0.2, 0) is 15.7 Å². The van der Waals surface area contributed by atoms with E-state index in [9.17, 15) is 5.26 Å². The Kier molecular flexibility index (Phi) is 3.78. The Morgan fingerprint density at radius 3 is 2.46 bits per heavy atom. The molecule has 1 atom stereocenters. The molecule has 0 fully saturated rings. The number of hydrogen-bond acceptors (Lipinski definition) is 2. The molecule has 0 aliphatic carbocycles. The van der Waals surface area contributed by atoms with Crippen molar-refractivity contribution in [3.05, 3.63) is 35.9 Å². The van der Waals surface area contributed by atoms with Gasteiger partial charge in [0.05, 0.1) is 0 Å². The van der Waals surface area contributed by atoms with Gasteiger partial charge in [0.2, 0.25) is 0 Å². The van der Waals surface area contributed by atoms with Crippen molar-refractivity contribution >= 4 is 11.8 Å². The van der Waals surface area contributed by atoms with Crippen molar-refractivity contribution in [3.8, 4) is 0 Å². The molecule has 71 valence electrons. The van der Waals surface area contributed by atoms with Crippen LogP contribution >= 0.6 is 11.8 Å². The first-order valence-corrected chi connectivity index (χ1v) is 5.48. The first-order chi connectivity index (χ1) is 6.23. The highest BCUT2D eigenvalue weighted by molar-refractivity contribution is 7.98. The molecule has 0 N–H and O–H groups in total. The molecule has 0 saturated carbocycles. The fourth-order valence-electron chi connectivity index (χ4n) is 1.22. The van der Waals surface area contributed by atoms with E-state index in [4.69, 9.17) is 0 Å². The van der Waals surface area contributed by atoms with Gasteiger partial charge in [-0.05, 0) is 24.0 Å². The summed E-state index contributed by atoms with van der Waals surface area (Å²) in [5.41, 5.74) is 0.222. The van der Waals surface area contributed by atoms with Gasteiger partial charge in [0.15, 0.2) is 0 Å². The van der Waals surface area contributed by atoms with Crippen LogP contribution in [0.25, 0.3) is 0 Å². The van der Waals surface area contributed by atoms with Gasteiger partial charge in [-0.1, -0.05) is 30.3 Å². The van der Waals surface area contributed by atoms with Gasteiger partial charge in [-0.15, -0.1) is 0 Å². The first-order valence-electron chi connectivity index (χ1n) is 4.08. The lowest BCUT2D eigenvalue weighted by atomic mass is 9.98. The Morgan fingerprint density at radius 1 is 1.38 bits per heavy atom. The van der Waals surface area contributed by atoms with E-state index in [1.165, 1.54) is 0 Å². The summed E-state index contributed by atoms with van der Waals surface area (Å²) in [4.78, 5) is 4.29. The normalized spacial score (nSPS) is 15.3. The maximum atomic E-state index is 10.6. The van der Waals surface area contributed by atoms with Crippen LogP contribution in [0.1, 0.15) is 12.5 Å². The minimum atomic E-state index is -0.708. The summed E-state index contributed by atoms with van der Waals surface area (Å²) in [6.45, 7) is 1.81. The summed E-state index contributed by atoms with van der Waals surface area (Å²) in [6, 6.07) is 9.57. The molecule has 0 saturated heterocycles. The van der Waals surface area contributed by atoms with E-state index in [1.54, 1.807) is 11.8 Å². The van der Waals surface area contributed by atoms with Crippen molar-refractivity contribution in [2.75, 3.05) is 12.0 Å². The van der Waals surface area contributed by atoms with Crippen molar-refractivity contribution in [2.24, 2.45) is 0 Å². The minimum absolute atomic E-state index is 0.667. The molecule has 2 nitrogen and oxygen atoms in total. The smallest absolute Gasteiger partial charge is 0.138 e. The monoisotopic (exact) mass is 197 g/mol. The zero-order chi connectivity index (χ0) is 9.73. The summed E-state index contributed by atoms with van der Waals surface area (Å²) >= 11 is 1.60. The lowest BCUT2D eigenvalue weighted by molar-refractivity contribution is -0.368. The molecule has 0 bridgehead atoms. The highest BCUT2D eigenvalue weighted by Gasteiger charge is 2.27. The second-order valence-electron chi connectivity index (χ2n) is 3.11. The minimum Gasteiger partial charge on any atom is -0.192 e. The predicted octanol–water partition coefficient (Wildman–Crippen LogP) is 2.63. The van der Waals surface area contributed by atoms with E-state index in [1.807, 2.05) is 43.5 Å². The highest BCUT2D eigenvalue weighted by Crippen LogP contribution is 2.27. The van der Waals surface area contributed by atoms with Crippen molar-refractivity contribution in [3.63, 3.8) is 0 Å². The van der Waals surface area contributed by atoms with Crippen molar-refractivity contribution in [2.45, 2.75) is 12.5 Å². The van der Waals surface area contributed by atoms with Crippen LogP contribution in [0.5, 0.6) is 0 Å². The summed E-state index contributed by atoms with van der Waals surface area (Å²) in [5.74, 6) is 0.667. The summed E-state index contributed by atoms with van der Waals surface area (Å²) < 4.78 is 0. The number of thioether (sulfide) groups is 1. The molecule has 1 aromatic carbocycles. The maximum absolute atomic E-state index is 10.6. The Labute approximate surface area is 82.9 Å². The van der Waals surface area contributed by atoms with E-state index in [0.29, 0.717) is 5.75 Å². The topological polar surface area (TPSA) is 29.1 Å². The van der Waals surface area contributed by atoms with Gasteiger partial charge in [-0.3, -0.25) is 0 Å². The third kappa shape index (κ3) is 2.46.